The molecule has 76 valence electrons. The Morgan fingerprint density at radius 2 is 2.13 bits per heavy atom. The summed E-state index contributed by atoms with van der Waals surface area (Å²) in [6.07, 6.45) is 1.02. The van der Waals surface area contributed by atoms with E-state index in [1.54, 1.807) is 0 Å². The zero-order chi connectivity index (χ0) is 10.3. The Kier molecular flexibility index (Phi) is 1.78. The predicted molar refractivity (Wildman–Crippen MR) is 61.3 cm³/mol. The highest BCUT2D eigenvalue weighted by atomic mass is 16.1. The van der Waals surface area contributed by atoms with Gasteiger partial charge in [0.25, 0.3) is 5.56 Å². The molecule has 0 fully saturated rings. The van der Waals surface area contributed by atoms with Crippen molar-refractivity contribution in [2.24, 2.45) is 0 Å². The number of aromatic nitrogens is 1. The smallest absolute Gasteiger partial charge is 0.259 e. The monoisotopic (exact) mass is 200 g/mol. The van der Waals surface area contributed by atoms with Gasteiger partial charge >= 0.3 is 0 Å². The van der Waals surface area contributed by atoms with Gasteiger partial charge in [0.15, 0.2) is 0 Å². The van der Waals surface area contributed by atoms with E-state index in [0.717, 1.165) is 36.1 Å². The fourth-order valence-electron chi connectivity index (χ4n) is 2.12. The van der Waals surface area contributed by atoms with Crippen LogP contribution in [0.1, 0.15) is 6.42 Å². The van der Waals surface area contributed by atoms with Crippen LogP contribution in [0, 0.1) is 0 Å². The third-order valence-electron chi connectivity index (χ3n) is 2.88. The van der Waals surface area contributed by atoms with Crippen LogP contribution in [-0.4, -0.2) is 11.1 Å². The van der Waals surface area contributed by atoms with Crippen molar-refractivity contribution in [3.05, 3.63) is 40.7 Å². The van der Waals surface area contributed by atoms with E-state index in [0.29, 0.717) is 0 Å². The van der Waals surface area contributed by atoms with E-state index in [4.69, 9.17) is 0 Å². The standard InChI is InChI=1S/C12H12N2O/c15-12-10-5-2-1-4-9(10)8-11-13-6-3-7-14(11)12/h1-2,4-5,8,13H,3,6-7H2. The largest absolute Gasteiger partial charge is 0.371 e. The Morgan fingerprint density at radius 3 is 3.07 bits per heavy atom. The lowest BCUT2D eigenvalue weighted by Gasteiger charge is -2.20. The summed E-state index contributed by atoms with van der Waals surface area (Å²) in [4.78, 5) is 12.1. The van der Waals surface area contributed by atoms with Gasteiger partial charge in [-0.3, -0.25) is 9.36 Å². The fourth-order valence-corrected chi connectivity index (χ4v) is 2.12. The molecule has 0 saturated carbocycles. The molecule has 1 aliphatic rings. The molecule has 1 aromatic carbocycles. The van der Waals surface area contributed by atoms with Crippen molar-refractivity contribution in [3.63, 3.8) is 0 Å². The van der Waals surface area contributed by atoms with Gasteiger partial charge in [-0.15, -0.1) is 0 Å². The molecule has 0 unspecified atom stereocenters. The highest BCUT2D eigenvalue weighted by Crippen LogP contribution is 2.17. The van der Waals surface area contributed by atoms with Crippen LogP contribution in [0.15, 0.2) is 35.1 Å². The molecule has 2 heterocycles. The minimum Gasteiger partial charge on any atom is -0.371 e. The molecule has 3 rings (SSSR count). The molecule has 2 aromatic rings. The number of rotatable bonds is 0. The van der Waals surface area contributed by atoms with Crippen molar-refractivity contribution in [1.29, 1.82) is 0 Å². The molecule has 0 saturated heterocycles. The van der Waals surface area contributed by atoms with Crippen LogP contribution < -0.4 is 10.9 Å². The van der Waals surface area contributed by atoms with Crippen molar-refractivity contribution < 1.29 is 0 Å². The minimum atomic E-state index is 0.121. The van der Waals surface area contributed by atoms with Crippen molar-refractivity contribution in [3.8, 4) is 0 Å². The van der Waals surface area contributed by atoms with E-state index >= 15 is 0 Å². The van der Waals surface area contributed by atoms with E-state index in [9.17, 15) is 4.79 Å². The summed E-state index contributed by atoms with van der Waals surface area (Å²) >= 11 is 0. The molecule has 1 aromatic heterocycles. The normalized spacial score (nSPS) is 14.7. The molecule has 0 bridgehead atoms. The number of hydrogen-bond acceptors (Lipinski definition) is 2. The van der Waals surface area contributed by atoms with Gasteiger partial charge in [0.05, 0.1) is 0 Å². The zero-order valence-corrected chi connectivity index (χ0v) is 8.36. The third-order valence-corrected chi connectivity index (χ3v) is 2.88. The van der Waals surface area contributed by atoms with Crippen LogP contribution in [0.25, 0.3) is 10.8 Å². The summed E-state index contributed by atoms with van der Waals surface area (Å²) in [5.41, 5.74) is 0.121. The number of nitrogens with one attached hydrogen (secondary N) is 1. The van der Waals surface area contributed by atoms with Crippen molar-refractivity contribution >= 4 is 16.6 Å². The maximum atomic E-state index is 12.1. The summed E-state index contributed by atoms with van der Waals surface area (Å²) in [5, 5.41) is 5.09. The number of fused-ring (bicyclic) bond motifs is 2. The summed E-state index contributed by atoms with van der Waals surface area (Å²) in [6, 6.07) is 9.79. The van der Waals surface area contributed by atoms with Gasteiger partial charge in [0, 0.05) is 18.5 Å². The summed E-state index contributed by atoms with van der Waals surface area (Å²) in [6.45, 7) is 1.78. The molecular weight excluding hydrogens is 188 g/mol. The highest BCUT2D eigenvalue weighted by molar-refractivity contribution is 5.84. The van der Waals surface area contributed by atoms with E-state index in [2.05, 4.69) is 11.4 Å². The third kappa shape index (κ3) is 1.23. The van der Waals surface area contributed by atoms with Gasteiger partial charge in [0.2, 0.25) is 0 Å². The molecule has 3 heteroatoms. The van der Waals surface area contributed by atoms with Gasteiger partial charge in [-0.25, -0.2) is 0 Å². The zero-order valence-electron chi connectivity index (χ0n) is 8.36. The second-order valence-corrected chi connectivity index (χ2v) is 3.85. The van der Waals surface area contributed by atoms with Gasteiger partial charge in [-0.1, -0.05) is 18.2 Å². The molecule has 0 spiro atoms. The Hall–Kier alpha value is -1.77. The molecule has 0 amide bonds. The molecule has 0 radical (unpaired) electrons. The van der Waals surface area contributed by atoms with Gasteiger partial charge in [-0.2, -0.15) is 0 Å². The van der Waals surface area contributed by atoms with Gasteiger partial charge < -0.3 is 5.32 Å². The van der Waals surface area contributed by atoms with Gasteiger partial charge in [0.1, 0.15) is 5.82 Å². The molecule has 1 N–H and O–H groups in total. The Bertz CT molecular complexity index is 571. The lowest BCUT2D eigenvalue weighted by atomic mass is 10.1. The first-order valence-corrected chi connectivity index (χ1v) is 5.23. The number of pyridine rings is 1. The van der Waals surface area contributed by atoms with Crippen LogP contribution in [0.5, 0.6) is 0 Å². The second kappa shape index (κ2) is 3.12. The average molecular weight is 200 g/mol. The van der Waals surface area contributed by atoms with Gasteiger partial charge in [-0.05, 0) is 23.9 Å². The number of anilines is 1. The summed E-state index contributed by atoms with van der Waals surface area (Å²) in [7, 11) is 0. The van der Waals surface area contributed by atoms with Crippen LogP contribution in [0.3, 0.4) is 0 Å². The first-order valence-electron chi connectivity index (χ1n) is 5.23. The Labute approximate surface area is 87.3 Å². The SMILES string of the molecule is O=c1c2ccccc2cc2n1CCCN2. The topological polar surface area (TPSA) is 34.0 Å². The van der Waals surface area contributed by atoms with Crippen LogP contribution >= 0.6 is 0 Å². The first kappa shape index (κ1) is 8.53. The van der Waals surface area contributed by atoms with Crippen LogP contribution in [-0.2, 0) is 6.54 Å². The molecule has 0 atom stereocenters. The van der Waals surface area contributed by atoms with E-state index in [1.165, 1.54) is 0 Å². The quantitative estimate of drug-likeness (QED) is 0.703. The lowest BCUT2D eigenvalue weighted by Crippen LogP contribution is -2.28. The Balaban J connectivity index is 2.41. The van der Waals surface area contributed by atoms with E-state index in [-0.39, 0.29) is 5.56 Å². The fraction of sp³-hybridized carbons (Fsp3) is 0.250. The lowest BCUT2D eigenvalue weighted by molar-refractivity contribution is 0.613. The predicted octanol–water partition coefficient (Wildman–Crippen LogP) is 1.82. The second-order valence-electron chi connectivity index (χ2n) is 3.85. The average Bonchev–Trinajstić information content (AvgIpc) is 2.30. The van der Waals surface area contributed by atoms with Crippen molar-refractivity contribution in [1.82, 2.24) is 4.57 Å². The van der Waals surface area contributed by atoms with E-state index in [1.807, 2.05) is 28.8 Å². The molecule has 0 aliphatic carbocycles. The first-order chi connectivity index (χ1) is 7.36. The number of benzene rings is 1. The highest BCUT2D eigenvalue weighted by Gasteiger charge is 2.11. The molecule has 3 nitrogen and oxygen atoms in total. The van der Waals surface area contributed by atoms with Crippen molar-refractivity contribution in [2.75, 3.05) is 11.9 Å². The molecular formula is C12H12N2O. The van der Waals surface area contributed by atoms with E-state index < -0.39 is 0 Å². The van der Waals surface area contributed by atoms with Crippen LogP contribution in [0.2, 0.25) is 0 Å². The maximum Gasteiger partial charge on any atom is 0.259 e. The number of nitrogens with zero attached hydrogens (tertiary/aromatic N) is 1. The maximum absolute atomic E-state index is 12.1. The molecule has 15 heavy (non-hydrogen) atoms. The molecule has 1 aliphatic heterocycles. The van der Waals surface area contributed by atoms with Crippen molar-refractivity contribution in [2.45, 2.75) is 13.0 Å². The minimum absolute atomic E-state index is 0.121. The summed E-state index contributed by atoms with van der Waals surface area (Å²) in [5.74, 6) is 0.949. The van der Waals surface area contributed by atoms with Crippen LogP contribution in [0.4, 0.5) is 5.82 Å². The Morgan fingerprint density at radius 1 is 1.27 bits per heavy atom. The number of hydrogen-bond donors (Lipinski definition) is 1. The summed E-state index contributed by atoms with van der Waals surface area (Å²) < 4.78 is 1.83.